The van der Waals surface area contributed by atoms with Gasteiger partial charge in [0.1, 0.15) is 5.76 Å². The van der Waals surface area contributed by atoms with Gasteiger partial charge in [0.05, 0.1) is 12.8 Å². The SMILES string of the molecule is Cc1ccoc1CNc1cc(Br)ccc1Br. The van der Waals surface area contributed by atoms with Gasteiger partial charge in [0.15, 0.2) is 0 Å². The Balaban J connectivity index is 2.10. The van der Waals surface area contributed by atoms with E-state index < -0.39 is 0 Å². The second kappa shape index (κ2) is 5.06. The van der Waals surface area contributed by atoms with Crippen molar-refractivity contribution in [2.75, 3.05) is 5.32 Å². The summed E-state index contributed by atoms with van der Waals surface area (Å²) < 4.78 is 7.46. The molecular formula is C12H11Br2NO. The normalized spacial score (nSPS) is 10.4. The Morgan fingerprint density at radius 3 is 2.75 bits per heavy atom. The second-order valence-corrected chi connectivity index (χ2v) is 5.27. The van der Waals surface area contributed by atoms with Crippen molar-refractivity contribution in [2.24, 2.45) is 0 Å². The van der Waals surface area contributed by atoms with Crippen LogP contribution in [-0.2, 0) is 6.54 Å². The maximum Gasteiger partial charge on any atom is 0.125 e. The van der Waals surface area contributed by atoms with Crippen LogP contribution in [0, 0.1) is 6.92 Å². The van der Waals surface area contributed by atoms with E-state index in [9.17, 15) is 0 Å². The highest BCUT2D eigenvalue weighted by atomic mass is 79.9. The number of nitrogens with one attached hydrogen (secondary N) is 1. The van der Waals surface area contributed by atoms with Crippen molar-refractivity contribution < 1.29 is 4.42 Å². The molecule has 2 nitrogen and oxygen atoms in total. The van der Waals surface area contributed by atoms with E-state index in [0.29, 0.717) is 6.54 Å². The molecule has 0 amide bonds. The Hall–Kier alpha value is -0.740. The number of furan rings is 1. The molecular weight excluding hydrogens is 334 g/mol. The molecule has 1 aromatic carbocycles. The molecule has 0 saturated carbocycles. The molecule has 0 aliphatic rings. The van der Waals surface area contributed by atoms with E-state index in [1.54, 1.807) is 6.26 Å². The van der Waals surface area contributed by atoms with Gasteiger partial charge in [-0.05, 0) is 52.7 Å². The molecule has 2 rings (SSSR count). The van der Waals surface area contributed by atoms with E-state index in [1.165, 1.54) is 5.56 Å². The van der Waals surface area contributed by atoms with E-state index in [-0.39, 0.29) is 0 Å². The summed E-state index contributed by atoms with van der Waals surface area (Å²) in [4.78, 5) is 0. The van der Waals surface area contributed by atoms with Gasteiger partial charge < -0.3 is 9.73 Å². The molecule has 0 spiro atoms. The Kier molecular flexibility index (Phi) is 3.71. The molecule has 0 saturated heterocycles. The summed E-state index contributed by atoms with van der Waals surface area (Å²) >= 11 is 6.94. The molecule has 0 bridgehead atoms. The van der Waals surface area contributed by atoms with Gasteiger partial charge in [0, 0.05) is 14.6 Å². The second-order valence-electron chi connectivity index (χ2n) is 3.50. The molecule has 16 heavy (non-hydrogen) atoms. The monoisotopic (exact) mass is 343 g/mol. The number of aryl methyl sites for hydroxylation is 1. The van der Waals surface area contributed by atoms with Gasteiger partial charge in [-0.2, -0.15) is 0 Å². The lowest BCUT2D eigenvalue weighted by Crippen LogP contribution is -2.00. The summed E-state index contributed by atoms with van der Waals surface area (Å²) in [7, 11) is 0. The quantitative estimate of drug-likeness (QED) is 0.871. The number of benzene rings is 1. The first-order valence-corrected chi connectivity index (χ1v) is 6.47. The Morgan fingerprint density at radius 2 is 2.06 bits per heavy atom. The summed E-state index contributed by atoms with van der Waals surface area (Å²) in [5.41, 5.74) is 2.21. The third-order valence-corrected chi connectivity index (χ3v) is 3.52. The molecule has 0 radical (unpaired) electrons. The van der Waals surface area contributed by atoms with Crippen LogP contribution in [-0.4, -0.2) is 0 Å². The van der Waals surface area contributed by atoms with E-state index in [2.05, 4.69) is 37.2 Å². The zero-order valence-corrected chi connectivity index (χ0v) is 11.9. The predicted octanol–water partition coefficient (Wildman–Crippen LogP) is 4.73. The van der Waals surface area contributed by atoms with Crippen molar-refractivity contribution in [2.45, 2.75) is 13.5 Å². The average Bonchev–Trinajstić information content (AvgIpc) is 2.66. The van der Waals surface area contributed by atoms with Gasteiger partial charge in [0.25, 0.3) is 0 Å². The highest BCUT2D eigenvalue weighted by Crippen LogP contribution is 2.26. The largest absolute Gasteiger partial charge is 0.467 e. The summed E-state index contributed by atoms with van der Waals surface area (Å²) in [5, 5.41) is 3.33. The topological polar surface area (TPSA) is 25.2 Å². The molecule has 0 fully saturated rings. The highest BCUT2D eigenvalue weighted by Gasteiger charge is 2.04. The van der Waals surface area contributed by atoms with Gasteiger partial charge in [-0.1, -0.05) is 15.9 Å². The fraction of sp³-hybridized carbons (Fsp3) is 0.167. The molecule has 0 aliphatic heterocycles. The predicted molar refractivity (Wildman–Crippen MR) is 72.6 cm³/mol. The average molecular weight is 345 g/mol. The van der Waals surface area contributed by atoms with E-state index in [1.807, 2.05) is 31.2 Å². The maximum absolute atomic E-state index is 5.37. The van der Waals surface area contributed by atoms with Crippen LogP contribution in [0.3, 0.4) is 0 Å². The summed E-state index contributed by atoms with van der Waals surface area (Å²) in [6.45, 7) is 2.73. The molecule has 4 heteroatoms. The van der Waals surface area contributed by atoms with Crippen LogP contribution in [0.4, 0.5) is 5.69 Å². The maximum atomic E-state index is 5.37. The van der Waals surface area contributed by atoms with Crippen molar-refractivity contribution in [3.8, 4) is 0 Å². The van der Waals surface area contributed by atoms with Crippen LogP contribution in [0.2, 0.25) is 0 Å². The lowest BCUT2D eigenvalue weighted by atomic mass is 10.2. The third kappa shape index (κ3) is 2.68. The lowest BCUT2D eigenvalue weighted by Gasteiger charge is -2.08. The number of hydrogen-bond donors (Lipinski definition) is 1. The Bertz CT molecular complexity index is 494. The third-order valence-electron chi connectivity index (χ3n) is 2.34. The zero-order valence-electron chi connectivity index (χ0n) is 8.76. The summed E-state index contributed by atoms with van der Waals surface area (Å²) in [6.07, 6.45) is 1.71. The fourth-order valence-corrected chi connectivity index (χ4v) is 2.14. The van der Waals surface area contributed by atoms with Crippen LogP contribution >= 0.6 is 31.9 Å². The van der Waals surface area contributed by atoms with Gasteiger partial charge in [-0.15, -0.1) is 0 Å². The van der Waals surface area contributed by atoms with Crippen molar-refractivity contribution in [3.63, 3.8) is 0 Å². The van der Waals surface area contributed by atoms with Crippen LogP contribution < -0.4 is 5.32 Å². The molecule has 0 aliphatic carbocycles. The lowest BCUT2D eigenvalue weighted by molar-refractivity contribution is 0.515. The first kappa shape index (κ1) is 11.7. The smallest absolute Gasteiger partial charge is 0.125 e. The Labute approximate surface area is 111 Å². The zero-order chi connectivity index (χ0) is 11.5. The number of halogens is 2. The van der Waals surface area contributed by atoms with Crippen molar-refractivity contribution in [1.29, 1.82) is 0 Å². The molecule has 84 valence electrons. The van der Waals surface area contributed by atoms with Crippen molar-refractivity contribution >= 4 is 37.5 Å². The number of anilines is 1. The number of hydrogen-bond acceptors (Lipinski definition) is 2. The van der Waals surface area contributed by atoms with Gasteiger partial charge in [-0.25, -0.2) is 0 Å². The minimum absolute atomic E-state index is 0.688. The van der Waals surface area contributed by atoms with Crippen molar-refractivity contribution in [3.05, 3.63) is 50.8 Å². The van der Waals surface area contributed by atoms with Gasteiger partial charge in [0.2, 0.25) is 0 Å². The first-order valence-electron chi connectivity index (χ1n) is 4.88. The van der Waals surface area contributed by atoms with E-state index in [0.717, 1.165) is 20.4 Å². The molecule has 2 aromatic rings. The van der Waals surface area contributed by atoms with Gasteiger partial charge in [-0.3, -0.25) is 0 Å². The first-order chi connectivity index (χ1) is 7.66. The summed E-state index contributed by atoms with van der Waals surface area (Å²) in [5.74, 6) is 0.965. The van der Waals surface area contributed by atoms with Crippen molar-refractivity contribution in [1.82, 2.24) is 0 Å². The van der Waals surface area contributed by atoms with Crippen LogP contribution in [0.5, 0.6) is 0 Å². The highest BCUT2D eigenvalue weighted by molar-refractivity contribution is 9.11. The summed E-state index contributed by atoms with van der Waals surface area (Å²) in [6, 6.07) is 7.99. The van der Waals surface area contributed by atoms with Crippen LogP contribution in [0.25, 0.3) is 0 Å². The Morgan fingerprint density at radius 1 is 1.25 bits per heavy atom. The molecule has 0 unspecified atom stereocenters. The molecule has 1 heterocycles. The standard InChI is InChI=1S/C12H11Br2NO/c1-8-4-5-16-12(8)7-15-11-6-9(13)2-3-10(11)14/h2-6,15H,7H2,1H3. The minimum Gasteiger partial charge on any atom is -0.467 e. The number of rotatable bonds is 3. The molecule has 1 N–H and O–H groups in total. The molecule has 0 atom stereocenters. The molecule has 1 aromatic heterocycles. The fourth-order valence-electron chi connectivity index (χ4n) is 1.39. The van der Waals surface area contributed by atoms with Crippen LogP contribution in [0.1, 0.15) is 11.3 Å². The van der Waals surface area contributed by atoms with E-state index >= 15 is 0 Å². The minimum atomic E-state index is 0.688. The van der Waals surface area contributed by atoms with Crippen LogP contribution in [0.15, 0.2) is 43.9 Å². The van der Waals surface area contributed by atoms with E-state index in [4.69, 9.17) is 4.42 Å². The van der Waals surface area contributed by atoms with Gasteiger partial charge >= 0.3 is 0 Å².